The van der Waals surface area contributed by atoms with E-state index >= 15 is 0 Å². The first-order valence-electron chi connectivity index (χ1n) is 5.92. The van der Waals surface area contributed by atoms with E-state index in [1.54, 1.807) is 20.3 Å². The summed E-state index contributed by atoms with van der Waals surface area (Å²) >= 11 is 0. The van der Waals surface area contributed by atoms with Crippen LogP contribution in [0.5, 0.6) is 17.2 Å². The third-order valence-electron chi connectivity index (χ3n) is 2.74. The zero-order valence-corrected chi connectivity index (χ0v) is 11.1. The Morgan fingerprint density at radius 1 is 0.947 bits per heavy atom. The standard InChI is InChI=1S/C15H17NO3/c1-17-13-4-3-5-14(9-13)19-10-11-8-12(16)6-7-15(11)18-2/h3-9H,10,16H2,1-2H3. The third-order valence-corrected chi connectivity index (χ3v) is 2.74. The molecule has 0 fully saturated rings. The molecule has 0 aromatic heterocycles. The smallest absolute Gasteiger partial charge is 0.125 e. The number of methoxy groups -OCH3 is 2. The Bertz CT molecular complexity index is 555. The second-order valence-electron chi connectivity index (χ2n) is 4.04. The summed E-state index contributed by atoms with van der Waals surface area (Å²) in [7, 11) is 3.25. The highest BCUT2D eigenvalue weighted by Gasteiger charge is 2.05. The van der Waals surface area contributed by atoms with Crippen LogP contribution in [0, 0.1) is 0 Å². The van der Waals surface area contributed by atoms with E-state index in [0.29, 0.717) is 12.3 Å². The predicted octanol–water partition coefficient (Wildman–Crippen LogP) is 2.87. The molecule has 0 atom stereocenters. The predicted molar refractivity (Wildman–Crippen MR) is 74.7 cm³/mol. The molecule has 2 rings (SSSR count). The Hall–Kier alpha value is -2.36. The van der Waals surface area contributed by atoms with Gasteiger partial charge in [-0.2, -0.15) is 0 Å². The molecule has 4 nitrogen and oxygen atoms in total. The van der Waals surface area contributed by atoms with Gasteiger partial charge in [-0.1, -0.05) is 6.07 Å². The van der Waals surface area contributed by atoms with Crippen LogP contribution in [0.4, 0.5) is 5.69 Å². The quantitative estimate of drug-likeness (QED) is 0.839. The summed E-state index contributed by atoms with van der Waals surface area (Å²) < 4.78 is 16.1. The zero-order chi connectivity index (χ0) is 13.7. The van der Waals surface area contributed by atoms with E-state index in [2.05, 4.69) is 0 Å². The molecule has 0 radical (unpaired) electrons. The molecule has 0 amide bonds. The van der Waals surface area contributed by atoms with E-state index in [1.807, 2.05) is 36.4 Å². The van der Waals surface area contributed by atoms with Gasteiger partial charge < -0.3 is 19.9 Å². The first-order chi connectivity index (χ1) is 9.22. The summed E-state index contributed by atoms with van der Waals surface area (Å²) in [6.45, 7) is 0.390. The molecule has 2 aromatic carbocycles. The number of hydrogen-bond acceptors (Lipinski definition) is 4. The van der Waals surface area contributed by atoms with Crippen LogP contribution in [-0.4, -0.2) is 14.2 Å². The Morgan fingerprint density at radius 2 is 1.74 bits per heavy atom. The molecule has 0 unspecified atom stereocenters. The van der Waals surface area contributed by atoms with Crippen molar-refractivity contribution in [3.63, 3.8) is 0 Å². The number of rotatable bonds is 5. The van der Waals surface area contributed by atoms with E-state index in [4.69, 9.17) is 19.9 Å². The average molecular weight is 259 g/mol. The van der Waals surface area contributed by atoms with Crippen molar-refractivity contribution in [2.45, 2.75) is 6.61 Å². The summed E-state index contributed by atoms with van der Waals surface area (Å²) in [6.07, 6.45) is 0. The molecule has 2 N–H and O–H groups in total. The van der Waals surface area contributed by atoms with Crippen LogP contribution in [0.1, 0.15) is 5.56 Å². The number of nitrogen functional groups attached to an aromatic ring is 1. The molecule has 0 bridgehead atoms. The molecule has 0 spiro atoms. The molecule has 19 heavy (non-hydrogen) atoms. The lowest BCUT2D eigenvalue weighted by Crippen LogP contribution is -2.00. The average Bonchev–Trinajstić information content (AvgIpc) is 2.45. The van der Waals surface area contributed by atoms with Gasteiger partial charge in [-0.3, -0.25) is 0 Å². The molecule has 0 aliphatic carbocycles. The second kappa shape index (κ2) is 6.00. The summed E-state index contributed by atoms with van der Waals surface area (Å²) in [5.41, 5.74) is 7.36. The van der Waals surface area contributed by atoms with Crippen molar-refractivity contribution in [3.05, 3.63) is 48.0 Å². The molecule has 100 valence electrons. The number of hydrogen-bond donors (Lipinski definition) is 1. The number of ether oxygens (including phenoxy) is 3. The van der Waals surface area contributed by atoms with Crippen LogP contribution in [0.2, 0.25) is 0 Å². The minimum atomic E-state index is 0.390. The Morgan fingerprint density at radius 3 is 2.47 bits per heavy atom. The van der Waals surface area contributed by atoms with Crippen LogP contribution >= 0.6 is 0 Å². The van der Waals surface area contributed by atoms with Gasteiger partial charge in [0.05, 0.1) is 14.2 Å². The maximum absolute atomic E-state index is 5.77. The van der Waals surface area contributed by atoms with Gasteiger partial charge in [0.25, 0.3) is 0 Å². The number of nitrogens with two attached hydrogens (primary N) is 1. The van der Waals surface area contributed by atoms with Gasteiger partial charge in [0, 0.05) is 17.3 Å². The van der Waals surface area contributed by atoms with Gasteiger partial charge in [0.1, 0.15) is 23.9 Å². The van der Waals surface area contributed by atoms with Crippen LogP contribution < -0.4 is 19.9 Å². The molecule has 0 heterocycles. The van der Waals surface area contributed by atoms with Gasteiger partial charge in [-0.05, 0) is 30.3 Å². The Kier molecular flexibility index (Phi) is 4.13. The first-order valence-corrected chi connectivity index (χ1v) is 5.92. The molecule has 0 saturated heterocycles. The highest BCUT2D eigenvalue weighted by molar-refractivity contribution is 5.47. The lowest BCUT2D eigenvalue weighted by atomic mass is 10.2. The molecular formula is C15H17NO3. The topological polar surface area (TPSA) is 53.7 Å². The van der Waals surface area contributed by atoms with Gasteiger partial charge in [-0.25, -0.2) is 0 Å². The van der Waals surface area contributed by atoms with Gasteiger partial charge in [-0.15, -0.1) is 0 Å². The van der Waals surface area contributed by atoms with Crippen molar-refractivity contribution >= 4 is 5.69 Å². The minimum absolute atomic E-state index is 0.390. The summed E-state index contributed by atoms with van der Waals surface area (Å²) in [5, 5.41) is 0. The lowest BCUT2D eigenvalue weighted by Gasteiger charge is -2.11. The molecule has 2 aromatic rings. The van der Waals surface area contributed by atoms with Gasteiger partial charge in [0.2, 0.25) is 0 Å². The van der Waals surface area contributed by atoms with Crippen LogP contribution in [0.3, 0.4) is 0 Å². The normalized spacial score (nSPS) is 10.0. The summed E-state index contributed by atoms with van der Waals surface area (Å²) in [6, 6.07) is 12.9. The van der Waals surface area contributed by atoms with Gasteiger partial charge in [0.15, 0.2) is 0 Å². The van der Waals surface area contributed by atoms with E-state index in [0.717, 1.165) is 22.8 Å². The lowest BCUT2D eigenvalue weighted by molar-refractivity contribution is 0.294. The van der Waals surface area contributed by atoms with E-state index in [-0.39, 0.29) is 0 Å². The molecule has 0 aliphatic rings. The Balaban J connectivity index is 2.11. The summed E-state index contributed by atoms with van der Waals surface area (Å²) in [5.74, 6) is 2.26. The zero-order valence-electron chi connectivity index (χ0n) is 11.1. The van der Waals surface area contributed by atoms with Crippen molar-refractivity contribution in [2.24, 2.45) is 0 Å². The van der Waals surface area contributed by atoms with Crippen molar-refractivity contribution in [1.82, 2.24) is 0 Å². The van der Waals surface area contributed by atoms with Crippen molar-refractivity contribution in [1.29, 1.82) is 0 Å². The van der Waals surface area contributed by atoms with Crippen molar-refractivity contribution in [3.8, 4) is 17.2 Å². The van der Waals surface area contributed by atoms with E-state index in [1.165, 1.54) is 0 Å². The van der Waals surface area contributed by atoms with Crippen molar-refractivity contribution in [2.75, 3.05) is 20.0 Å². The van der Waals surface area contributed by atoms with E-state index in [9.17, 15) is 0 Å². The van der Waals surface area contributed by atoms with Crippen molar-refractivity contribution < 1.29 is 14.2 Å². The fourth-order valence-corrected chi connectivity index (χ4v) is 1.76. The molecule has 4 heteroatoms. The number of benzene rings is 2. The number of anilines is 1. The largest absolute Gasteiger partial charge is 0.497 e. The fraction of sp³-hybridized carbons (Fsp3) is 0.200. The maximum Gasteiger partial charge on any atom is 0.125 e. The molecule has 0 aliphatic heterocycles. The van der Waals surface area contributed by atoms with Gasteiger partial charge >= 0.3 is 0 Å². The SMILES string of the molecule is COc1cccc(OCc2cc(N)ccc2OC)c1. The summed E-state index contributed by atoms with van der Waals surface area (Å²) in [4.78, 5) is 0. The minimum Gasteiger partial charge on any atom is -0.497 e. The monoisotopic (exact) mass is 259 g/mol. The van der Waals surface area contributed by atoms with E-state index < -0.39 is 0 Å². The second-order valence-corrected chi connectivity index (χ2v) is 4.04. The van der Waals surface area contributed by atoms with Crippen LogP contribution in [0.15, 0.2) is 42.5 Å². The highest BCUT2D eigenvalue weighted by Crippen LogP contribution is 2.24. The molecule has 0 saturated carbocycles. The highest BCUT2D eigenvalue weighted by atomic mass is 16.5. The maximum atomic E-state index is 5.77. The fourth-order valence-electron chi connectivity index (χ4n) is 1.76. The van der Waals surface area contributed by atoms with Crippen LogP contribution in [-0.2, 0) is 6.61 Å². The molecular weight excluding hydrogens is 242 g/mol. The van der Waals surface area contributed by atoms with Crippen LogP contribution in [0.25, 0.3) is 0 Å². The third kappa shape index (κ3) is 3.31. The first kappa shape index (κ1) is 13.1. The Labute approximate surface area is 112 Å².